The van der Waals surface area contributed by atoms with Crippen LogP contribution >= 0.6 is 0 Å². The van der Waals surface area contributed by atoms with Crippen molar-refractivity contribution in [2.45, 2.75) is 45.7 Å². The first-order valence-corrected chi connectivity index (χ1v) is 11.5. The zero-order chi connectivity index (χ0) is 18.6. The lowest BCUT2D eigenvalue weighted by Gasteiger charge is -2.30. The van der Waals surface area contributed by atoms with E-state index in [1.54, 1.807) is 0 Å². The molecular weight excluding hydrogens is 348 g/mol. The summed E-state index contributed by atoms with van der Waals surface area (Å²) in [6.45, 7) is 6.17. The largest absolute Gasteiger partial charge is 0.352 e. The number of hydrogen-bond donors (Lipinski definition) is 1. The first-order valence-electron chi connectivity index (χ1n) is 9.67. The molecule has 0 radical (unpaired) electrons. The Bertz CT molecular complexity index is 707. The second-order valence-corrected chi connectivity index (χ2v) is 10.3. The van der Waals surface area contributed by atoms with Crippen LogP contribution in [0.3, 0.4) is 0 Å². The van der Waals surface area contributed by atoms with Gasteiger partial charge in [-0.3, -0.25) is 9.69 Å². The number of nitrogens with zero attached hydrogens (tertiary/aromatic N) is 1. The molecule has 2 saturated heterocycles. The number of amides is 1. The molecule has 26 heavy (non-hydrogen) atoms. The van der Waals surface area contributed by atoms with Gasteiger partial charge in [0, 0.05) is 19.5 Å². The second-order valence-electron chi connectivity index (χ2n) is 8.03. The molecule has 6 heteroatoms. The minimum atomic E-state index is -2.91. The SMILES string of the molecule is CC1CCN(Cc2ccc(CNC(=O)CC3CCS(=O)(=O)C3)cc2)CC1. The molecule has 1 N–H and O–H groups in total. The third-order valence-electron chi connectivity index (χ3n) is 5.60. The number of carbonyl (C=O) groups excluding carboxylic acids is 1. The summed E-state index contributed by atoms with van der Waals surface area (Å²) in [4.78, 5) is 14.5. The summed E-state index contributed by atoms with van der Waals surface area (Å²) in [6, 6.07) is 8.43. The van der Waals surface area contributed by atoms with Crippen LogP contribution in [-0.2, 0) is 27.7 Å². The predicted molar refractivity (Wildman–Crippen MR) is 103 cm³/mol. The molecule has 2 heterocycles. The fourth-order valence-corrected chi connectivity index (χ4v) is 5.67. The van der Waals surface area contributed by atoms with E-state index in [1.165, 1.54) is 31.5 Å². The Balaban J connectivity index is 1.40. The van der Waals surface area contributed by atoms with E-state index in [4.69, 9.17) is 0 Å². The van der Waals surface area contributed by atoms with Gasteiger partial charge in [-0.2, -0.15) is 0 Å². The Hall–Kier alpha value is -1.40. The van der Waals surface area contributed by atoms with Crippen molar-refractivity contribution in [3.05, 3.63) is 35.4 Å². The van der Waals surface area contributed by atoms with E-state index < -0.39 is 9.84 Å². The van der Waals surface area contributed by atoms with Crippen LogP contribution in [0.5, 0.6) is 0 Å². The van der Waals surface area contributed by atoms with Gasteiger partial charge in [0.15, 0.2) is 9.84 Å². The molecule has 1 aromatic carbocycles. The van der Waals surface area contributed by atoms with Gasteiger partial charge in [0.1, 0.15) is 0 Å². The van der Waals surface area contributed by atoms with E-state index in [9.17, 15) is 13.2 Å². The van der Waals surface area contributed by atoms with Crippen LogP contribution < -0.4 is 5.32 Å². The van der Waals surface area contributed by atoms with Gasteiger partial charge >= 0.3 is 0 Å². The summed E-state index contributed by atoms with van der Waals surface area (Å²) in [5, 5.41) is 2.91. The molecule has 0 spiro atoms. The van der Waals surface area contributed by atoms with Crippen molar-refractivity contribution < 1.29 is 13.2 Å². The maximum Gasteiger partial charge on any atom is 0.220 e. The van der Waals surface area contributed by atoms with Gasteiger partial charge in [0.2, 0.25) is 5.91 Å². The van der Waals surface area contributed by atoms with Crippen LogP contribution in [0, 0.1) is 11.8 Å². The molecule has 144 valence electrons. The van der Waals surface area contributed by atoms with Gasteiger partial charge in [0.05, 0.1) is 11.5 Å². The van der Waals surface area contributed by atoms with E-state index in [0.29, 0.717) is 19.4 Å². The third-order valence-corrected chi connectivity index (χ3v) is 7.43. The zero-order valence-corrected chi connectivity index (χ0v) is 16.4. The highest BCUT2D eigenvalue weighted by atomic mass is 32.2. The van der Waals surface area contributed by atoms with Gasteiger partial charge in [-0.25, -0.2) is 8.42 Å². The molecule has 2 aliphatic heterocycles. The fraction of sp³-hybridized carbons (Fsp3) is 0.650. The second kappa shape index (κ2) is 8.53. The van der Waals surface area contributed by atoms with Crippen molar-refractivity contribution >= 4 is 15.7 Å². The van der Waals surface area contributed by atoms with E-state index in [2.05, 4.69) is 41.4 Å². The highest BCUT2D eigenvalue weighted by Gasteiger charge is 2.29. The average Bonchev–Trinajstić information content (AvgIpc) is 2.95. The summed E-state index contributed by atoms with van der Waals surface area (Å²) in [6.07, 6.45) is 3.49. The van der Waals surface area contributed by atoms with Crippen LogP contribution in [0.1, 0.15) is 43.7 Å². The van der Waals surface area contributed by atoms with Gasteiger partial charge < -0.3 is 5.32 Å². The topological polar surface area (TPSA) is 66.5 Å². The summed E-state index contributed by atoms with van der Waals surface area (Å²) in [5.41, 5.74) is 2.39. The van der Waals surface area contributed by atoms with E-state index in [-0.39, 0.29) is 23.3 Å². The Morgan fingerprint density at radius 2 is 1.77 bits per heavy atom. The molecule has 0 aliphatic carbocycles. The smallest absolute Gasteiger partial charge is 0.220 e. The molecule has 0 saturated carbocycles. The monoisotopic (exact) mass is 378 g/mol. The van der Waals surface area contributed by atoms with Crippen LogP contribution in [0.4, 0.5) is 0 Å². The minimum Gasteiger partial charge on any atom is -0.352 e. The number of likely N-dealkylation sites (tertiary alicyclic amines) is 1. The Morgan fingerprint density at radius 3 is 2.38 bits per heavy atom. The molecule has 1 atom stereocenters. The minimum absolute atomic E-state index is 0.0189. The number of benzene rings is 1. The summed E-state index contributed by atoms with van der Waals surface area (Å²) >= 11 is 0. The van der Waals surface area contributed by atoms with Crippen LogP contribution in [0.25, 0.3) is 0 Å². The van der Waals surface area contributed by atoms with Crippen molar-refractivity contribution in [1.82, 2.24) is 10.2 Å². The highest BCUT2D eigenvalue weighted by Crippen LogP contribution is 2.21. The van der Waals surface area contributed by atoms with Crippen molar-refractivity contribution in [2.75, 3.05) is 24.6 Å². The number of sulfone groups is 1. The van der Waals surface area contributed by atoms with Crippen molar-refractivity contribution in [3.63, 3.8) is 0 Å². The van der Waals surface area contributed by atoms with Crippen molar-refractivity contribution in [1.29, 1.82) is 0 Å². The zero-order valence-electron chi connectivity index (χ0n) is 15.6. The number of carbonyl (C=O) groups is 1. The molecule has 2 aliphatic rings. The quantitative estimate of drug-likeness (QED) is 0.825. The molecule has 2 fully saturated rings. The van der Waals surface area contributed by atoms with Gasteiger partial charge in [-0.15, -0.1) is 0 Å². The third kappa shape index (κ3) is 5.81. The molecule has 1 unspecified atom stereocenters. The van der Waals surface area contributed by atoms with Crippen LogP contribution in [0.2, 0.25) is 0 Å². The number of piperidine rings is 1. The van der Waals surface area contributed by atoms with Gasteiger partial charge in [-0.05, 0) is 55.3 Å². The Kier molecular flexibility index (Phi) is 6.35. The normalized spacial score (nSPS) is 23.8. The molecule has 1 aromatic rings. The Labute approximate surface area is 157 Å². The molecule has 5 nitrogen and oxygen atoms in total. The number of nitrogens with one attached hydrogen (secondary N) is 1. The Morgan fingerprint density at radius 1 is 1.12 bits per heavy atom. The first-order chi connectivity index (χ1) is 12.4. The maximum atomic E-state index is 12.0. The average molecular weight is 379 g/mol. The highest BCUT2D eigenvalue weighted by molar-refractivity contribution is 7.91. The standard InChI is InChI=1S/C20H30N2O3S/c1-16-6-9-22(10-7-16)14-18-4-2-17(3-5-18)13-21-20(23)12-19-8-11-26(24,25)15-19/h2-5,16,19H,6-15H2,1H3,(H,21,23). The van der Waals surface area contributed by atoms with Crippen molar-refractivity contribution in [2.24, 2.45) is 11.8 Å². The molecule has 0 bridgehead atoms. The molecule has 1 amide bonds. The lowest BCUT2D eigenvalue weighted by molar-refractivity contribution is -0.122. The first kappa shape index (κ1) is 19.4. The molecule has 3 rings (SSSR count). The summed E-state index contributed by atoms with van der Waals surface area (Å²) in [7, 11) is -2.91. The lowest BCUT2D eigenvalue weighted by atomic mass is 9.99. The van der Waals surface area contributed by atoms with Gasteiger partial charge in [-0.1, -0.05) is 31.2 Å². The fourth-order valence-electron chi connectivity index (χ4n) is 3.81. The maximum absolute atomic E-state index is 12.0. The summed E-state index contributed by atoms with van der Waals surface area (Å²) < 4.78 is 22.9. The van der Waals surface area contributed by atoms with Gasteiger partial charge in [0.25, 0.3) is 0 Å². The van der Waals surface area contributed by atoms with E-state index in [1.807, 2.05) is 0 Å². The molecule has 0 aromatic heterocycles. The van der Waals surface area contributed by atoms with Crippen LogP contribution in [-0.4, -0.2) is 43.8 Å². The molecular formula is C20H30N2O3S. The van der Waals surface area contributed by atoms with Crippen LogP contribution in [0.15, 0.2) is 24.3 Å². The van der Waals surface area contributed by atoms with E-state index in [0.717, 1.165) is 18.0 Å². The van der Waals surface area contributed by atoms with Crippen molar-refractivity contribution in [3.8, 4) is 0 Å². The van der Waals surface area contributed by atoms with E-state index >= 15 is 0 Å². The number of rotatable bonds is 6. The summed E-state index contributed by atoms with van der Waals surface area (Å²) in [5.74, 6) is 1.15. The predicted octanol–water partition coefficient (Wildman–Crippen LogP) is 2.36. The number of hydrogen-bond acceptors (Lipinski definition) is 4. The lowest BCUT2D eigenvalue weighted by Crippen LogP contribution is -2.32.